The third-order valence-electron chi connectivity index (χ3n) is 5.06. The van der Waals surface area contributed by atoms with Gasteiger partial charge in [0.1, 0.15) is 12.2 Å². The molecule has 2 aliphatic heterocycles. The van der Waals surface area contributed by atoms with Crippen LogP contribution in [0.15, 0.2) is 0 Å². The Morgan fingerprint density at radius 1 is 0.783 bits per heavy atom. The third kappa shape index (κ3) is 3.69. The maximum absolute atomic E-state index is 10.3. The van der Waals surface area contributed by atoms with Gasteiger partial charge in [0.25, 0.3) is 0 Å². The molecule has 0 aromatic heterocycles. The van der Waals surface area contributed by atoms with E-state index in [4.69, 9.17) is 14.2 Å². The molecule has 8 nitrogen and oxygen atoms in total. The van der Waals surface area contributed by atoms with Crippen LogP contribution < -0.4 is 0 Å². The first-order valence-electron chi connectivity index (χ1n) is 8.04. The molecule has 0 spiro atoms. The number of aliphatic hydroxyl groups excluding tert-OH is 5. The van der Waals surface area contributed by atoms with E-state index < -0.39 is 55.6 Å². The number of rotatable bonds is 4. The van der Waals surface area contributed by atoms with E-state index in [-0.39, 0.29) is 18.4 Å². The molecule has 2 saturated heterocycles. The molecular weight excluding hydrogens is 308 g/mol. The highest BCUT2D eigenvalue weighted by Crippen LogP contribution is 2.34. The van der Waals surface area contributed by atoms with Crippen LogP contribution in [0.25, 0.3) is 0 Å². The fraction of sp³-hybridized carbons (Fsp3) is 1.00. The van der Waals surface area contributed by atoms with E-state index in [1.54, 1.807) is 20.8 Å². The Morgan fingerprint density at radius 2 is 1.39 bits per heavy atom. The monoisotopic (exact) mass is 336 g/mol. The van der Waals surface area contributed by atoms with Crippen molar-refractivity contribution in [2.75, 3.05) is 13.2 Å². The van der Waals surface area contributed by atoms with Crippen molar-refractivity contribution in [3.8, 4) is 0 Å². The van der Waals surface area contributed by atoms with E-state index >= 15 is 0 Å². The summed E-state index contributed by atoms with van der Waals surface area (Å²) in [5, 5.41) is 49.1. The quantitative estimate of drug-likeness (QED) is 0.416. The molecule has 0 radical (unpaired) electrons. The summed E-state index contributed by atoms with van der Waals surface area (Å²) in [5.74, 6) is -1.24. The van der Waals surface area contributed by atoms with E-state index in [9.17, 15) is 25.5 Å². The average molecular weight is 336 g/mol. The van der Waals surface area contributed by atoms with Crippen molar-refractivity contribution in [3.63, 3.8) is 0 Å². The van der Waals surface area contributed by atoms with Gasteiger partial charge in [-0.1, -0.05) is 20.8 Å². The van der Waals surface area contributed by atoms with Gasteiger partial charge in [0.2, 0.25) is 0 Å². The first-order chi connectivity index (χ1) is 10.8. The van der Waals surface area contributed by atoms with Crippen molar-refractivity contribution in [3.05, 3.63) is 0 Å². The van der Waals surface area contributed by atoms with Crippen LogP contribution in [0, 0.1) is 17.8 Å². The Hall–Kier alpha value is -0.320. The van der Waals surface area contributed by atoms with Crippen molar-refractivity contribution >= 4 is 0 Å². The maximum Gasteiger partial charge on any atom is 0.163 e. The largest absolute Gasteiger partial charge is 0.394 e. The summed E-state index contributed by atoms with van der Waals surface area (Å²) >= 11 is 0. The molecule has 10 atom stereocenters. The number of hydrogen-bond acceptors (Lipinski definition) is 8. The Balaban J connectivity index is 2.11. The van der Waals surface area contributed by atoms with Gasteiger partial charge in [-0.3, -0.25) is 0 Å². The van der Waals surface area contributed by atoms with E-state index in [0.29, 0.717) is 0 Å². The fourth-order valence-electron chi connectivity index (χ4n) is 3.18. The van der Waals surface area contributed by atoms with Gasteiger partial charge in [0.15, 0.2) is 12.6 Å². The zero-order valence-electron chi connectivity index (χ0n) is 13.6. The molecule has 0 aliphatic carbocycles. The van der Waals surface area contributed by atoms with E-state index in [1.165, 1.54) is 0 Å². The molecular formula is C15H28O8. The minimum absolute atomic E-state index is 0.253. The molecule has 2 rings (SSSR count). The lowest BCUT2D eigenvalue weighted by Gasteiger charge is -2.46. The van der Waals surface area contributed by atoms with Gasteiger partial charge in [-0.2, -0.15) is 0 Å². The standard InChI is InChI=1S/C15H28O8/c1-6-9(4-16)22-15(8(3)11(6)18)23-13-10(5-17)21-14(20)7(2)12(13)19/h6-20H,4-5H2,1-3H3/t6-,7?,8-,9?,10-,11?,12-,13?,14-,15?/m1/s1. The van der Waals surface area contributed by atoms with Crippen molar-refractivity contribution in [1.29, 1.82) is 0 Å². The van der Waals surface area contributed by atoms with Crippen LogP contribution in [0.1, 0.15) is 20.8 Å². The summed E-state index contributed by atoms with van der Waals surface area (Å²) in [6.45, 7) is 4.45. The van der Waals surface area contributed by atoms with Crippen LogP contribution in [0.3, 0.4) is 0 Å². The molecule has 2 aliphatic rings. The number of ether oxygens (including phenoxy) is 3. The lowest BCUT2D eigenvalue weighted by Crippen LogP contribution is -2.59. The second kappa shape index (κ2) is 7.71. The Kier molecular flexibility index (Phi) is 6.37. The summed E-state index contributed by atoms with van der Waals surface area (Å²) in [6.07, 6.45) is -6.25. The Morgan fingerprint density at radius 3 is 1.96 bits per heavy atom. The summed E-state index contributed by atoms with van der Waals surface area (Å²) in [4.78, 5) is 0. The molecule has 0 amide bonds. The fourth-order valence-corrected chi connectivity index (χ4v) is 3.18. The SMILES string of the molecule is CC1[C@@H](O)C(OC2OC(CO)[C@@H](C)C(O)[C@H]2C)[C@@H](CO)O[C@H]1O. The van der Waals surface area contributed by atoms with Crippen molar-refractivity contribution < 1.29 is 39.7 Å². The molecule has 23 heavy (non-hydrogen) atoms. The van der Waals surface area contributed by atoms with Crippen LogP contribution >= 0.6 is 0 Å². The van der Waals surface area contributed by atoms with Crippen LogP contribution in [-0.4, -0.2) is 81.8 Å². The van der Waals surface area contributed by atoms with Crippen molar-refractivity contribution in [2.24, 2.45) is 17.8 Å². The lowest BCUT2D eigenvalue weighted by molar-refractivity contribution is -0.335. The van der Waals surface area contributed by atoms with Gasteiger partial charge < -0.3 is 39.7 Å². The second-order valence-corrected chi connectivity index (χ2v) is 6.63. The van der Waals surface area contributed by atoms with Gasteiger partial charge >= 0.3 is 0 Å². The molecule has 136 valence electrons. The summed E-state index contributed by atoms with van der Waals surface area (Å²) in [5.41, 5.74) is 0. The minimum atomic E-state index is -1.19. The van der Waals surface area contributed by atoms with Crippen molar-refractivity contribution in [2.45, 2.75) is 63.9 Å². The Bertz CT molecular complexity index is 376. The van der Waals surface area contributed by atoms with Crippen LogP contribution in [0.2, 0.25) is 0 Å². The summed E-state index contributed by atoms with van der Waals surface area (Å²) < 4.78 is 16.7. The predicted molar refractivity (Wildman–Crippen MR) is 78.1 cm³/mol. The normalized spacial score (nSPS) is 51.7. The number of hydrogen-bond donors (Lipinski definition) is 5. The molecule has 0 aromatic carbocycles. The first-order valence-corrected chi connectivity index (χ1v) is 8.04. The Labute approximate surface area is 135 Å². The predicted octanol–water partition coefficient (Wildman–Crippen LogP) is -1.57. The van der Waals surface area contributed by atoms with Gasteiger partial charge in [-0.15, -0.1) is 0 Å². The van der Waals surface area contributed by atoms with Gasteiger partial charge in [-0.25, -0.2) is 0 Å². The zero-order valence-corrected chi connectivity index (χ0v) is 13.6. The van der Waals surface area contributed by atoms with Crippen LogP contribution in [0.4, 0.5) is 0 Å². The molecule has 5 unspecified atom stereocenters. The molecule has 2 fully saturated rings. The lowest BCUT2D eigenvalue weighted by atomic mass is 9.85. The minimum Gasteiger partial charge on any atom is -0.394 e. The highest BCUT2D eigenvalue weighted by Gasteiger charge is 2.47. The highest BCUT2D eigenvalue weighted by molar-refractivity contribution is 4.90. The third-order valence-corrected chi connectivity index (χ3v) is 5.06. The molecule has 0 saturated carbocycles. The van der Waals surface area contributed by atoms with Crippen LogP contribution in [0.5, 0.6) is 0 Å². The zero-order chi connectivity index (χ0) is 17.3. The van der Waals surface area contributed by atoms with Gasteiger partial charge in [-0.05, 0) is 0 Å². The molecule has 2 heterocycles. The van der Waals surface area contributed by atoms with Crippen molar-refractivity contribution in [1.82, 2.24) is 0 Å². The maximum atomic E-state index is 10.3. The van der Waals surface area contributed by atoms with Gasteiger partial charge in [0.05, 0.1) is 31.5 Å². The topological polar surface area (TPSA) is 129 Å². The molecule has 0 aromatic rings. The van der Waals surface area contributed by atoms with E-state index in [2.05, 4.69) is 0 Å². The van der Waals surface area contributed by atoms with Gasteiger partial charge in [0, 0.05) is 17.8 Å². The average Bonchev–Trinajstić information content (AvgIpc) is 2.55. The van der Waals surface area contributed by atoms with E-state index in [0.717, 1.165) is 0 Å². The molecule has 5 N–H and O–H groups in total. The van der Waals surface area contributed by atoms with Crippen LogP contribution in [-0.2, 0) is 14.2 Å². The second-order valence-electron chi connectivity index (χ2n) is 6.63. The van der Waals surface area contributed by atoms with E-state index in [1.807, 2.05) is 0 Å². The molecule has 0 bridgehead atoms. The number of aliphatic hydroxyl groups is 5. The molecule has 8 heteroatoms. The summed E-state index contributed by atoms with van der Waals surface area (Å²) in [6, 6.07) is 0. The summed E-state index contributed by atoms with van der Waals surface area (Å²) in [7, 11) is 0. The highest BCUT2D eigenvalue weighted by atomic mass is 16.7. The smallest absolute Gasteiger partial charge is 0.163 e. The first kappa shape index (κ1) is 19.0.